The SMILES string of the molecule is O=C(COc1ccc(Br)cc1-c1nccc(-c2cc3c([nH]2)CCNC3=O)n1)NCc1ccccc1. The van der Waals surface area contributed by atoms with Gasteiger partial charge in [0.05, 0.1) is 22.5 Å². The fraction of sp³-hybridized carbons (Fsp3) is 0.154. The second kappa shape index (κ2) is 10.1. The lowest BCUT2D eigenvalue weighted by Crippen LogP contribution is -2.31. The summed E-state index contributed by atoms with van der Waals surface area (Å²) in [6.45, 7) is 0.900. The van der Waals surface area contributed by atoms with Gasteiger partial charge in [0.25, 0.3) is 11.8 Å². The van der Waals surface area contributed by atoms with Crippen LogP contribution in [0.1, 0.15) is 21.6 Å². The summed E-state index contributed by atoms with van der Waals surface area (Å²) in [4.78, 5) is 36.9. The topological polar surface area (TPSA) is 109 Å². The third-order valence-electron chi connectivity index (χ3n) is 5.61. The molecule has 4 aromatic rings. The van der Waals surface area contributed by atoms with Gasteiger partial charge in [-0.15, -0.1) is 0 Å². The number of ether oxygens (including phenoxy) is 1. The molecular formula is C26H22BrN5O3. The minimum atomic E-state index is -0.229. The number of hydrogen-bond acceptors (Lipinski definition) is 5. The van der Waals surface area contributed by atoms with Gasteiger partial charge in [-0.1, -0.05) is 46.3 Å². The van der Waals surface area contributed by atoms with Crippen LogP contribution in [0.5, 0.6) is 5.75 Å². The van der Waals surface area contributed by atoms with Gasteiger partial charge in [0.2, 0.25) is 0 Å². The van der Waals surface area contributed by atoms with Crippen molar-refractivity contribution in [3.63, 3.8) is 0 Å². The van der Waals surface area contributed by atoms with Crippen LogP contribution in [-0.4, -0.2) is 39.9 Å². The number of amides is 2. The van der Waals surface area contributed by atoms with Crippen LogP contribution < -0.4 is 15.4 Å². The van der Waals surface area contributed by atoms with E-state index in [2.05, 4.69) is 36.5 Å². The Morgan fingerprint density at radius 2 is 1.94 bits per heavy atom. The number of carbonyl (C=O) groups excluding carboxylic acids is 2. The lowest BCUT2D eigenvalue weighted by Gasteiger charge is -2.12. The van der Waals surface area contributed by atoms with Crippen LogP contribution in [0.15, 0.2) is 71.3 Å². The van der Waals surface area contributed by atoms with Gasteiger partial charge in [-0.05, 0) is 35.9 Å². The van der Waals surface area contributed by atoms with E-state index in [-0.39, 0.29) is 18.4 Å². The van der Waals surface area contributed by atoms with Gasteiger partial charge in [0.15, 0.2) is 12.4 Å². The molecule has 5 rings (SSSR count). The number of benzene rings is 2. The first-order valence-electron chi connectivity index (χ1n) is 11.1. The molecule has 0 unspecified atom stereocenters. The molecule has 3 N–H and O–H groups in total. The standard InChI is InChI=1S/C26H22BrN5O3/c27-17-6-7-23(35-15-24(33)30-14-16-4-2-1-3-5-16)19(12-17)25-28-10-9-21(32-25)22-13-18-20(31-22)8-11-29-26(18)34/h1-7,9-10,12-13,31H,8,11,14-15H2,(H,29,34)(H,30,33). The van der Waals surface area contributed by atoms with E-state index in [1.165, 1.54) is 0 Å². The molecule has 3 heterocycles. The maximum Gasteiger partial charge on any atom is 0.258 e. The molecule has 35 heavy (non-hydrogen) atoms. The molecule has 176 valence electrons. The van der Waals surface area contributed by atoms with Gasteiger partial charge in [0.1, 0.15) is 5.75 Å². The van der Waals surface area contributed by atoms with Crippen LogP contribution in [0.25, 0.3) is 22.8 Å². The van der Waals surface area contributed by atoms with Crippen molar-refractivity contribution < 1.29 is 14.3 Å². The molecule has 0 atom stereocenters. The van der Waals surface area contributed by atoms with Gasteiger partial charge in [-0.25, -0.2) is 9.97 Å². The molecule has 1 aliphatic heterocycles. The summed E-state index contributed by atoms with van der Waals surface area (Å²) in [5, 5.41) is 5.71. The van der Waals surface area contributed by atoms with Crippen LogP contribution >= 0.6 is 15.9 Å². The maximum absolute atomic E-state index is 12.4. The van der Waals surface area contributed by atoms with Gasteiger partial charge in [-0.3, -0.25) is 9.59 Å². The molecule has 0 saturated carbocycles. The predicted octanol–water partition coefficient (Wildman–Crippen LogP) is 3.88. The second-order valence-electron chi connectivity index (χ2n) is 8.04. The van der Waals surface area contributed by atoms with E-state index in [0.717, 1.165) is 27.8 Å². The highest BCUT2D eigenvalue weighted by atomic mass is 79.9. The molecule has 0 radical (unpaired) electrons. The fourth-order valence-electron chi connectivity index (χ4n) is 3.86. The Morgan fingerprint density at radius 3 is 2.77 bits per heavy atom. The first-order chi connectivity index (χ1) is 17.1. The number of fused-ring (bicyclic) bond motifs is 1. The zero-order valence-corrected chi connectivity index (χ0v) is 20.3. The molecule has 0 bridgehead atoms. The highest BCUT2D eigenvalue weighted by Gasteiger charge is 2.21. The van der Waals surface area contributed by atoms with E-state index in [1.807, 2.05) is 48.5 Å². The molecule has 2 aromatic carbocycles. The molecule has 0 aliphatic carbocycles. The fourth-order valence-corrected chi connectivity index (χ4v) is 4.22. The maximum atomic E-state index is 12.4. The highest BCUT2D eigenvalue weighted by molar-refractivity contribution is 9.10. The molecule has 0 spiro atoms. The monoisotopic (exact) mass is 531 g/mol. The predicted molar refractivity (Wildman–Crippen MR) is 135 cm³/mol. The van der Waals surface area contributed by atoms with Crippen LogP contribution in [0, 0.1) is 0 Å². The number of hydrogen-bond donors (Lipinski definition) is 3. The Morgan fingerprint density at radius 1 is 1.09 bits per heavy atom. The molecule has 9 heteroatoms. The van der Waals surface area contributed by atoms with Crippen molar-refractivity contribution in [2.24, 2.45) is 0 Å². The average molecular weight is 532 g/mol. The summed E-state index contributed by atoms with van der Waals surface area (Å²) in [6, 6.07) is 18.7. The van der Waals surface area contributed by atoms with E-state index < -0.39 is 0 Å². The van der Waals surface area contributed by atoms with Crippen LogP contribution in [0.2, 0.25) is 0 Å². The third-order valence-corrected chi connectivity index (χ3v) is 6.10. The Bertz CT molecular complexity index is 1390. The second-order valence-corrected chi connectivity index (χ2v) is 8.95. The molecule has 2 aromatic heterocycles. The summed E-state index contributed by atoms with van der Waals surface area (Å²) in [7, 11) is 0. The Hall–Kier alpha value is -3.98. The minimum absolute atomic E-state index is 0.0868. The number of H-pyrrole nitrogens is 1. The highest BCUT2D eigenvalue weighted by Crippen LogP contribution is 2.32. The van der Waals surface area contributed by atoms with E-state index >= 15 is 0 Å². The van der Waals surface area contributed by atoms with Crippen LogP contribution in [-0.2, 0) is 17.8 Å². The first-order valence-corrected chi connectivity index (χ1v) is 11.9. The van der Waals surface area contributed by atoms with Crippen molar-refractivity contribution in [2.75, 3.05) is 13.2 Å². The van der Waals surface area contributed by atoms with Crippen molar-refractivity contribution in [1.29, 1.82) is 0 Å². The summed E-state index contributed by atoms with van der Waals surface area (Å²) < 4.78 is 6.68. The van der Waals surface area contributed by atoms with Crippen LogP contribution in [0.4, 0.5) is 0 Å². The summed E-state index contributed by atoms with van der Waals surface area (Å²) in [5.74, 6) is 0.620. The number of aromatic amines is 1. The number of aromatic nitrogens is 3. The van der Waals surface area contributed by atoms with E-state index in [9.17, 15) is 9.59 Å². The van der Waals surface area contributed by atoms with Crippen LogP contribution in [0.3, 0.4) is 0 Å². The zero-order valence-electron chi connectivity index (χ0n) is 18.7. The van der Waals surface area contributed by atoms with Crippen molar-refractivity contribution in [3.8, 4) is 28.5 Å². The van der Waals surface area contributed by atoms with Crippen molar-refractivity contribution in [1.82, 2.24) is 25.6 Å². The Labute approximate surface area is 210 Å². The van der Waals surface area contributed by atoms with E-state index in [4.69, 9.17) is 9.72 Å². The minimum Gasteiger partial charge on any atom is -0.483 e. The zero-order chi connectivity index (χ0) is 24.2. The number of nitrogens with one attached hydrogen (secondary N) is 3. The smallest absolute Gasteiger partial charge is 0.258 e. The third kappa shape index (κ3) is 5.25. The largest absolute Gasteiger partial charge is 0.483 e. The lowest BCUT2D eigenvalue weighted by atomic mass is 10.1. The number of rotatable bonds is 7. The summed E-state index contributed by atoms with van der Waals surface area (Å²) >= 11 is 3.49. The molecule has 8 nitrogen and oxygen atoms in total. The van der Waals surface area contributed by atoms with Gasteiger partial charge in [-0.2, -0.15) is 0 Å². The average Bonchev–Trinajstić information content (AvgIpc) is 3.33. The number of carbonyl (C=O) groups is 2. The lowest BCUT2D eigenvalue weighted by molar-refractivity contribution is -0.123. The van der Waals surface area contributed by atoms with Gasteiger partial charge in [0, 0.05) is 35.9 Å². The molecule has 0 fully saturated rings. The van der Waals surface area contributed by atoms with Crippen molar-refractivity contribution in [3.05, 3.63) is 88.2 Å². The molecule has 1 aliphatic rings. The normalized spacial score (nSPS) is 12.5. The summed E-state index contributed by atoms with van der Waals surface area (Å²) in [5.41, 5.74) is 4.60. The Kier molecular flexibility index (Phi) is 6.58. The van der Waals surface area contributed by atoms with E-state index in [0.29, 0.717) is 41.5 Å². The van der Waals surface area contributed by atoms with Gasteiger partial charge < -0.3 is 20.4 Å². The first kappa shape index (κ1) is 22.8. The van der Waals surface area contributed by atoms with Crippen molar-refractivity contribution in [2.45, 2.75) is 13.0 Å². The Balaban J connectivity index is 1.34. The number of nitrogens with zero attached hydrogens (tertiary/aromatic N) is 2. The molecular weight excluding hydrogens is 510 g/mol. The van der Waals surface area contributed by atoms with E-state index in [1.54, 1.807) is 18.3 Å². The van der Waals surface area contributed by atoms with Gasteiger partial charge >= 0.3 is 0 Å². The molecule has 0 saturated heterocycles. The quantitative estimate of drug-likeness (QED) is 0.335. The van der Waals surface area contributed by atoms with Crippen molar-refractivity contribution >= 4 is 27.7 Å². The summed E-state index contributed by atoms with van der Waals surface area (Å²) in [6.07, 6.45) is 2.41. The molecule has 2 amide bonds. The number of halogens is 1.